The minimum absolute atomic E-state index is 0.242. The first-order valence-corrected chi connectivity index (χ1v) is 9.66. The first-order chi connectivity index (χ1) is 13.7. The fourth-order valence-electron chi connectivity index (χ4n) is 4.11. The molecule has 0 saturated heterocycles. The van der Waals surface area contributed by atoms with Crippen LogP contribution in [0.5, 0.6) is 5.75 Å². The average molecular weight is 377 g/mol. The number of rotatable bonds is 5. The Morgan fingerprint density at radius 1 is 1.32 bits per heavy atom. The number of nitrogens with zero attached hydrogens (tertiary/aromatic N) is 4. The monoisotopic (exact) mass is 377 g/mol. The largest absolute Gasteiger partial charge is 0.497 e. The van der Waals surface area contributed by atoms with Gasteiger partial charge in [-0.3, -0.25) is 14.6 Å². The van der Waals surface area contributed by atoms with Crippen LogP contribution in [0.25, 0.3) is 11.3 Å². The minimum Gasteiger partial charge on any atom is -0.497 e. The molecule has 2 aromatic heterocycles. The summed E-state index contributed by atoms with van der Waals surface area (Å²) in [5.41, 5.74) is 3.86. The molecule has 1 aromatic carbocycles. The minimum atomic E-state index is -0.288. The lowest BCUT2D eigenvalue weighted by Gasteiger charge is -2.31. The van der Waals surface area contributed by atoms with Crippen LogP contribution in [-0.4, -0.2) is 44.4 Å². The maximum absolute atomic E-state index is 13.3. The Kier molecular flexibility index (Phi) is 3.96. The maximum Gasteiger partial charge on any atom is 0.230 e. The Bertz CT molecular complexity index is 1000. The number of carbonyl (C=O) groups is 1. The van der Waals surface area contributed by atoms with Crippen LogP contribution in [0.4, 0.5) is 0 Å². The number of aromatic amines is 1. The zero-order valence-electron chi connectivity index (χ0n) is 15.9. The van der Waals surface area contributed by atoms with Crippen LogP contribution in [0.1, 0.15) is 24.1 Å². The van der Waals surface area contributed by atoms with Crippen LogP contribution >= 0.6 is 0 Å². The van der Waals surface area contributed by atoms with E-state index >= 15 is 0 Å². The molecule has 5 rings (SSSR count). The number of fused-ring (bicyclic) bond motifs is 1. The predicted molar refractivity (Wildman–Crippen MR) is 104 cm³/mol. The number of hydrogen-bond donors (Lipinski definition) is 1. The number of methoxy groups -OCH3 is 1. The lowest BCUT2D eigenvalue weighted by molar-refractivity contribution is -0.138. The van der Waals surface area contributed by atoms with E-state index < -0.39 is 0 Å². The summed E-state index contributed by atoms with van der Waals surface area (Å²) in [6.45, 7) is 1.99. The first-order valence-electron chi connectivity index (χ1n) is 9.66. The number of hydrogen-bond acceptors (Lipinski definition) is 4. The Hall–Kier alpha value is -3.09. The van der Waals surface area contributed by atoms with E-state index in [0.29, 0.717) is 13.1 Å². The molecular formula is C21H23N5O2. The van der Waals surface area contributed by atoms with Gasteiger partial charge in [-0.25, -0.2) is 0 Å². The summed E-state index contributed by atoms with van der Waals surface area (Å²) in [7, 11) is 1.66. The summed E-state index contributed by atoms with van der Waals surface area (Å²) in [5, 5.41) is 12.0. The molecule has 3 heterocycles. The highest BCUT2D eigenvalue weighted by Crippen LogP contribution is 2.49. The van der Waals surface area contributed by atoms with Gasteiger partial charge in [0, 0.05) is 48.7 Å². The molecular weight excluding hydrogens is 354 g/mol. The molecule has 1 aliphatic carbocycles. The topological polar surface area (TPSA) is 76.0 Å². The summed E-state index contributed by atoms with van der Waals surface area (Å²) < 4.78 is 7.22. The Balaban J connectivity index is 1.39. The van der Waals surface area contributed by atoms with Gasteiger partial charge in [0.15, 0.2) is 0 Å². The van der Waals surface area contributed by atoms with Crippen molar-refractivity contribution in [1.29, 1.82) is 0 Å². The van der Waals surface area contributed by atoms with Gasteiger partial charge in [0.1, 0.15) is 5.75 Å². The van der Waals surface area contributed by atoms with Crippen molar-refractivity contribution in [3.05, 3.63) is 54.0 Å². The van der Waals surface area contributed by atoms with Gasteiger partial charge in [-0.2, -0.15) is 10.2 Å². The second-order valence-corrected chi connectivity index (χ2v) is 7.72. The molecule has 0 atom stereocenters. The lowest BCUT2D eigenvalue weighted by atomic mass is 9.98. The third-order valence-electron chi connectivity index (χ3n) is 5.89. The molecule has 0 spiro atoms. The van der Waals surface area contributed by atoms with Gasteiger partial charge in [-0.1, -0.05) is 12.1 Å². The second-order valence-electron chi connectivity index (χ2n) is 7.72. The third kappa shape index (κ3) is 2.87. The van der Waals surface area contributed by atoms with E-state index in [2.05, 4.69) is 15.3 Å². The predicted octanol–water partition coefficient (Wildman–Crippen LogP) is 2.65. The first kappa shape index (κ1) is 17.0. The molecule has 1 aliphatic heterocycles. The van der Waals surface area contributed by atoms with Crippen molar-refractivity contribution < 1.29 is 9.53 Å². The zero-order valence-corrected chi connectivity index (χ0v) is 15.9. The van der Waals surface area contributed by atoms with Gasteiger partial charge in [-0.05, 0) is 31.0 Å². The molecule has 144 valence electrons. The van der Waals surface area contributed by atoms with E-state index in [9.17, 15) is 4.79 Å². The molecule has 0 unspecified atom stereocenters. The number of nitrogens with one attached hydrogen (secondary N) is 1. The van der Waals surface area contributed by atoms with Gasteiger partial charge in [0.05, 0.1) is 24.8 Å². The smallest absolute Gasteiger partial charge is 0.230 e. The molecule has 1 saturated carbocycles. The summed E-state index contributed by atoms with van der Waals surface area (Å²) in [6, 6.07) is 9.80. The molecule has 7 nitrogen and oxygen atoms in total. The fourth-order valence-corrected chi connectivity index (χ4v) is 4.11. The summed E-state index contributed by atoms with van der Waals surface area (Å²) in [5.74, 6) is 1.04. The Labute approximate surface area is 163 Å². The highest BCUT2D eigenvalue weighted by Gasteiger charge is 2.52. The van der Waals surface area contributed by atoms with Crippen molar-refractivity contribution in [2.24, 2.45) is 5.41 Å². The van der Waals surface area contributed by atoms with E-state index in [0.717, 1.165) is 54.1 Å². The molecule has 1 N–H and O–H groups in total. The van der Waals surface area contributed by atoms with Crippen molar-refractivity contribution in [3.8, 4) is 17.0 Å². The van der Waals surface area contributed by atoms with E-state index in [1.165, 1.54) is 0 Å². The molecule has 28 heavy (non-hydrogen) atoms. The number of ether oxygens (including phenoxy) is 1. The van der Waals surface area contributed by atoms with E-state index in [-0.39, 0.29) is 11.3 Å². The molecule has 1 fully saturated rings. The lowest BCUT2D eigenvalue weighted by Crippen LogP contribution is -2.42. The highest BCUT2D eigenvalue weighted by atomic mass is 16.5. The number of benzene rings is 1. The van der Waals surface area contributed by atoms with E-state index in [1.54, 1.807) is 13.3 Å². The second kappa shape index (κ2) is 6.51. The van der Waals surface area contributed by atoms with E-state index in [4.69, 9.17) is 4.74 Å². The van der Waals surface area contributed by atoms with Crippen LogP contribution in [-0.2, 0) is 24.3 Å². The molecule has 2 aliphatic rings. The number of H-pyrrole nitrogens is 1. The molecule has 1 amide bonds. The van der Waals surface area contributed by atoms with Crippen molar-refractivity contribution >= 4 is 5.91 Å². The standard InChI is InChI=1S/C21H23N5O2/c1-28-16-5-2-4-15(12-16)19-17-13-25(11-6-18(17)23-24-19)20(27)21(7-8-21)14-26-10-3-9-22-26/h2-5,9-10,12H,6-8,11,13-14H2,1H3,(H,23,24). The van der Waals surface area contributed by atoms with Crippen molar-refractivity contribution in [2.75, 3.05) is 13.7 Å². The number of carbonyl (C=O) groups excluding carboxylic acids is 1. The zero-order chi connectivity index (χ0) is 19.1. The van der Waals surface area contributed by atoms with Gasteiger partial charge >= 0.3 is 0 Å². The Morgan fingerprint density at radius 3 is 2.96 bits per heavy atom. The van der Waals surface area contributed by atoms with E-state index in [1.807, 2.05) is 46.1 Å². The van der Waals surface area contributed by atoms with Crippen LogP contribution in [0.3, 0.4) is 0 Å². The van der Waals surface area contributed by atoms with Crippen LogP contribution in [0.2, 0.25) is 0 Å². The van der Waals surface area contributed by atoms with Crippen LogP contribution in [0.15, 0.2) is 42.7 Å². The number of aromatic nitrogens is 4. The Morgan fingerprint density at radius 2 is 2.21 bits per heavy atom. The maximum atomic E-state index is 13.3. The van der Waals surface area contributed by atoms with Gasteiger partial charge < -0.3 is 9.64 Å². The van der Waals surface area contributed by atoms with Crippen LogP contribution in [0, 0.1) is 5.41 Å². The molecule has 7 heteroatoms. The SMILES string of the molecule is COc1cccc(-c2n[nH]c3c2CN(C(=O)C2(Cn4cccn4)CC2)CC3)c1. The molecule has 3 aromatic rings. The highest BCUT2D eigenvalue weighted by molar-refractivity contribution is 5.85. The van der Waals surface area contributed by atoms with Gasteiger partial charge in [0.2, 0.25) is 5.91 Å². The summed E-state index contributed by atoms with van der Waals surface area (Å²) in [4.78, 5) is 15.3. The summed E-state index contributed by atoms with van der Waals surface area (Å²) >= 11 is 0. The van der Waals surface area contributed by atoms with Crippen molar-refractivity contribution in [1.82, 2.24) is 24.9 Å². The van der Waals surface area contributed by atoms with Crippen molar-refractivity contribution in [3.63, 3.8) is 0 Å². The van der Waals surface area contributed by atoms with Gasteiger partial charge in [0.25, 0.3) is 0 Å². The molecule has 0 radical (unpaired) electrons. The van der Waals surface area contributed by atoms with Gasteiger partial charge in [-0.15, -0.1) is 0 Å². The normalized spacial score (nSPS) is 17.2. The quantitative estimate of drug-likeness (QED) is 0.742. The average Bonchev–Trinajstić information content (AvgIpc) is 3.14. The van der Waals surface area contributed by atoms with Crippen molar-refractivity contribution in [2.45, 2.75) is 32.4 Å². The third-order valence-corrected chi connectivity index (χ3v) is 5.89. The molecule has 0 bridgehead atoms. The summed E-state index contributed by atoms with van der Waals surface area (Å²) in [6.07, 6.45) is 6.36. The number of amides is 1. The van der Waals surface area contributed by atoms with Crippen LogP contribution < -0.4 is 4.74 Å². The fraction of sp³-hybridized carbons (Fsp3) is 0.381.